The Morgan fingerprint density at radius 2 is 1.94 bits per heavy atom. The Morgan fingerprint density at radius 3 is 2.68 bits per heavy atom. The number of nitrogens with zero attached hydrogens (tertiary/aromatic N) is 5. The number of anilines is 2. The number of rotatable bonds is 4. The van der Waals surface area contributed by atoms with Crippen molar-refractivity contribution in [1.82, 2.24) is 24.0 Å². The summed E-state index contributed by atoms with van der Waals surface area (Å²) >= 11 is 6.40. The van der Waals surface area contributed by atoms with Crippen molar-refractivity contribution in [1.29, 1.82) is 5.41 Å². The number of para-hydroxylation sites is 1. The van der Waals surface area contributed by atoms with Crippen molar-refractivity contribution in [2.75, 3.05) is 19.4 Å². The first-order valence-corrected chi connectivity index (χ1v) is 11.5. The highest BCUT2D eigenvalue weighted by Crippen LogP contribution is 2.28. The van der Waals surface area contributed by atoms with Gasteiger partial charge in [-0.15, -0.1) is 0 Å². The summed E-state index contributed by atoms with van der Waals surface area (Å²) in [6.45, 7) is 1.86. The van der Waals surface area contributed by atoms with Crippen LogP contribution < -0.4 is 16.5 Å². The number of nitrogens with one attached hydrogen (secondary N) is 2. The molecule has 0 amide bonds. The van der Waals surface area contributed by atoms with Gasteiger partial charge in [0, 0.05) is 25.0 Å². The van der Waals surface area contributed by atoms with Gasteiger partial charge in [-0.1, -0.05) is 29.8 Å². The van der Waals surface area contributed by atoms with Gasteiger partial charge in [-0.2, -0.15) is 4.98 Å². The first-order valence-electron chi connectivity index (χ1n) is 11.1. The van der Waals surface area contributed by atoms with E-state index in [4.69, 9.17) is 17.0 Å². The van der Waals surface area contributed by atoms with E-state index in [0.717, 1.165) is 24.1 Å². The fourth-order valence-electron chi connectivity index (χ4n) is 4.59. The molecule has 0 radical (unpaired) electrons. The molecule has 0 fully saturated rings. The minimum absolute atomic E-state index is 0.00638. The number of benzene rings is 2. The molecule has 2 aromatic carbocycles. The maximum Gasteiger partial charge on any atom is 0.335 e. The predicted molar refractivity (Wildman–Crippen MR) is 134 cm³/mol. The van der Waals surface area contributed by atoms with Crippen molar-refractivity contribution < 1.29 is 0 Å². The molecule has 2 heterocycles. The van der Waals surface area contributed by atoms with Gasteiger partial charge < -0.3 is 10.2 Å². The molecule has 34 heavy (non-hydrogen) atoms. The van der Waals surface area contributed by atoms with Crippen LogP contribution in [0.3, 0.4) is 0 Å². The number of likely N-dealkylation sites (N-methyl/N-ethyl adjacent to an activating group) is 1. The second-order valence-corrected chi connectivity index (χ2v) is 9.40. The summed E-state index contributed by atoms with van der Waals surface area (Å²) in [7, 11) is 5.86. The van der Waals surface area contributed by atoms with Gasteiger partial charge in [0.25, 0.3) is 0 Å². The average molecular weight is 476 g/mol. The van der Waals surface area contributed by atoms with Crippen molar-refractivity contribution in [3.8, 4) is 5.69 Å². The molecule has 1 atom stereocenters. The lowest BCUT2D eigenvalue weighted by Crippen LogP contribution is -2.39. The van der Waals surface area contributed by atoms with E-state index in [1.807, 2.05) is 25.1 Å². The van der Waals surface area contributed by atoms with Gasteiger partial charge in [-0.25, -0.2) is 14.3 Å². The molecule has 0 bridgehead atoms. The first-order chi connectivity index (χ1) is 16.2. The molecule has 5 rings (SSSR count). The third-order valence-electron chi connectivity index (χ3n) is 6.56. The van der Waals surface area contributed by atoms with Crippen molar-refractivity contribution in [3.05, 3.63) is 80.3 Å². The van der Waals surface area contributed by atoms with Crippen molar-refractivity contribution >= 4 is 34.3 Å². The Bertz CT molecular complexity index is 1530. The van der Waals surface area contributed by atoms with E-state index >= 15 is 0 Å². The predicted octanol–water partition coefficient (Wildman–Crippen LogP) is 3.33. The highest BCUT2D eigenvalue weighted by molar-refractivity contribution is 6.32. The molecule has 8 nitrogen and oxygen atoms in total. The van der Waals surface area contributed by atoms with Crippen LogP contribution in [0.2, 0.25) is 5.02 Å². The topological polar surface area (TPSA) is 91.8 Å². The number of aryl methyl sites for hydroxylation is 2. The lowest BCUT2D eigenvalue weighted by atomic mass is 10.1. The van der Waals surface area contributed by atoms with E-state index in [1.165, 1.54) is 20.3 Å². The standard InChI is InChI=1S/C25H26ClN7O/c1-14-6-5-7-20(26)21(14)33-22(27)19-13-28-24(30-23(19)32(4)25(33)34)29-17-9-8-15-11-18(31(2)3)12-16(15)10-17/h5-10,13,18,27H,11-12H2,1-4H3,(H,28,29,30). The SMILES string of the molecule is Cc1cccc(Cl)c1-n1c(=N)c2cnc(Nc3ccc4c(c3)CC(N(C)C)C4)nc2n(C)c1=O. The number of halogens is 1. The van der Waals surface area contributed by atoms with Gasteiger partial charge in [0.2, 0.25) is 5.95 Å². The summed E-state index contributed by atoms with van der Waals surface area (Å²) in [6.07, 6.45) is 3.63. The summed E-state index contributed by atoms with van der Waals surface area (Å²) in [5.74, 6) is 0.371. The molecule has 0 spiro atoms. The summed E-state index contributed by atoms with van der Waals surface area (Å²) in [5, 5.41) is 12.8. The second-order valence-electron chi connectivity index (χ2n) is 9.00. The molecular formula is C25H26ClN7O. The summed E-state index contributed by atoms with van der Waals surface area (Å²) in [5.41, 5.74) is 4.85. The average Bonchev–Trinajstić information content (AvgIpc) is 3.23. The molecule has 4 aromatic rings. The lowest BCUT2D eigenvalue weighted by molar-refractivity contribution is 0.303. The van der Waals surface area contributed by atoms with Crippen LogP contribution in [0.4, 0.5) is 11.6 Å². The Balaban J connectivity index is 1.55. The molecule has 174 valence electrons. The zero-order valence-corrected chi connectivity index (χ0v) is 20.3. The zero-order chi connectivity index (χ0) is 24.1. The van der Waals surface area contributed by atoms with Crippen LogP contribution in [0.15, 0.2) is 47.4 Å². The molecule has 1 unspecified atom stereocenters. The molecule has 0 saturated carbocycles. The van der Waals surface area contributed by atoms with Gasteiger partial charge in [-0.05, 0) is 68.8 Å². The van der Waals surface area contributed by atoms with Crippen molar-refractivity contribution in [2.24, 2.45) is 7.05 Å². The van der Waals surface area contributed by atoms with E-state index in [1.54, 1.807) is 19.3 Å². The Labute approximate surface area is 202 Å². The lowest BCUT2D eigenvalue weighted by Gasteiger charge is -2.17. The quantitative estimate of drug-likeness (QED) is 0.472. The van der Waals surface area contributed by atoms with Crippen LogP contribution in [-0.4, -0.2) is 44.1 Å². The molecular weight excluding hydrogens is 450 g/mol. The van der Waals surface area contributed by atoms with E-state index in [-0.39, 0.29) is 5.49 Å². The fourth-order valence-corrected chi connectivity index (χ4v) is 4.90. The van der Waals surface area contributed by atoms with E-state index in [9.17, 15) is 4.79 Å². The largest absolute Gasteiger partial charge is 0.335 e. The maximum absolute atomic E-state index is 13.3. The van der Waals surface area contributed by atoms with Gasteiger partial charge in [-0.3, -0.25) is 9.98 Å². The highest BCUT2D eigenvalue weighted by atomic mass is 35.5. The van der Waals surface area contributed by atoms with E-state index in [0.29, 0.717) is 33.7 Å². The first kappa shape index (κ1) is 22.3. The molecule has 9 heteroatoms. The Kier molecular flexibility index (Phi) is 5.50. The van der Waals surface area contributed by atoms with Gasteiger partial charge >= 0.3 is 5.69 Å². The monoisotopic (exact) mass is 475 g/mol. The Morgan fingerprint density at radius 1 is 1.18 bits per heavy atom. The van der Waals surface area contributed by atoms with Crippen LogP contribution in [0.1, 0.15) is 16.7 Å². The van der Waals surface area contributed by atoms with Crippen LogP contribution in [0.25, 0.3) is 16.7 Å². The molecule has 1 aliphatic carbocycles. The number of hydrogen-bond acceptors (Lipinski definition) is 6. The number of fused-ring (bicyclic) bond motifs is 2. The van der Waals surface area contributed by atoms with Crippen LogP contribution >= 0.6 is 11.6 Å². The van der Waals surface area contributed by atoms with Crippen molar-refractivity contribution in [2.45, 2.75) is 25.8 Å². The third-order valence-corrected chi connectivity index (χ3v) is 6.86. The van der Waals surface area contributed by atoms with Crippen molar-refractivity contribution in [3.63, 3.8) is 0 Å². The maximum atomic E-state index is 13.3. The van der Waals surface area contributed by atoms with Crippen LogP contribution in [0, 0.1) is 12.3 Å². The molecule has 1 aliphatic rings. The Hall–Kier alpha value is -3.49. The highest BCUT2D eigenvalue weighted by Gasteiger charge is 2.23. The normalized spacial score (nSPS) is 15.2. The van der Waals surface area contributed by atoms with Gasteiger partial charge in [0.05, 0.1) is 16.1 Å². The smallest absolute Gasteiger partial charge is 0.324 e. The third kappa shape index (κ3) is 3.69. The molecule has 0 aliphatic heterocycles. The van der Waals surface area contributed by atoms with E-state index < -0.39 is 5.69 Å². The zero-order valence-electron chi connectivity index (χ0n) is 19.6. The number of aromatic nitrogens is 4. The minimum Gasteiger partial charge on any atom is -0.324 e. The van der Waals surface area contributed by atoms with E-state index in [2.05, 4.69) is 46.4 Å². The molecule has 0 saturated heterocycles. The summed E-state index contributed by atoms with van der Waals surface area (Å²) in [4.78, 5) is 24.5. The fraction of sp³-hybridized carbons (Fsp3) is 0.280. The minimum atomic E-state index is -0.398. The van der Waals surface area contributed by atoms with Gasteiger partial charge in [0.1, 0.15) is 5.49 Å². The number of hydrogen-bond donors (Lipinski definition) is 2. The summed E-state index contributed by atoms with van der Waals surface area (Å²) in [6, 6.07) is 12.2. The molecule has 2 N–H and O–H groups in total. The van der Waals surface area contributed by atoms with Crippen LogP contribution in [-0.2, 0) is 19.9 Å². The molecule has 2 aromatic heterocycles. The second kappa shape index (κ2) is 8.38. The van der Waals surface area contributed by atoms with Crippen LogP contribution in [0.5, 0.6) is 0 Å². The summed E-state index contributed by atoms with van der Waals surface area (Å²) < 4.78 is 2.73. The van der Waals surface area contributed by atoms with Gasteiger partial charge in [0.15, 0.2) is 5.65 Å².